The fraction of sp³-hybridized carbons (Fsp3) is 0.357. The van der Waals surface area contributed by atoms with E-state index < -0.39 is 0 Å². The minimum atomic E-state index is -0.336. The van der Waals surface area contributed by atoms with Gasteiger partial charge in [-0.3, -0.25) is 0 Å². The number of nitrogens with zero attached hydrogens (tertiary/aromatic N) is 1. The lowest BCUT2D eigenvalue weighted by Crippen LogP contribution is -2.10. The molecule has 0 atom stereocenters. The van der Waals surface area contributed by atoms with E-state index in [1.54, 1.807) is 13.0 Å². The van der Waals surface area contributed by atoms with Crippen LogP contribution in [0.25, 0.3) is 6.08 Å². The van der Waals surface area contributed by atoms with E-state index in [0.717, 1.165) is 16.8 Å². The molecule has 4 heteroatoms. The molecule has 0 unspecified atom stereocenters. The summed E-state index contributed by atoms with van der Waals surface area (Å²) in [4.78, 5) is 13.3. The van der Waals surface area contributed by atoms with Crippen LogP contribution in [-0.4, -0.2) is 26.7 Å². The summed E-state index contributed by atoms with van der Waals surface area (Å²) in [6.07, 6.45) is 3.16. The number of nitrogens with two attached hydrogens (primary N) is 1. The van der Waals surface area contributed by atoms with E-state index in [0.29, 0.717) is 13.2 Å². The molecule has 0 radical (unpaired) electrons. The first-order valence-electron chi connectivity index (χ1n) is 5.93. The number of anilines is 1. The van der Waals surface area contributed by atoms with Gasteiger partial charge in [-0.15, -0.1) is 0 Å². The first kappa shape index (κ1) is 14.3. The molecule has 0 bridgehead atoms. The van der Waals surface area contributed by atoms with Crippen molar-refractivity contribution in [3.05, 3.63) is 35.4 Å². The van der Waals surface area contributed by atoms with Crippen LogP contribution in [-0.2, 0) is 16.1 Å². The molecule has 18 heavy (non-hydrogen) atoms. The predicted molar refractivity (Wildman–Crippen MR) is 74.3 cm³/mol. The second kappa shape index (κ2) is 6.81. The van der Waals surface area contributed by atoms with Gasteiger partial charge in [-0.25, -0.2) is 4.79 Å². The van der Waals surface area contributed by atoms with E-state index in [9.17, 15) is 4.79 Å². The highest BCUT2D eigenvalue weighted by Gasteiger charge is 2.02. The molecule has 0 spiro atoms. The van der Waals surface area contributed by atoms with Gasteiger partial charge < -0.3 is 15.4 Å². The minimum absolute atomic E-state index is 0.336. The molecule has 0 aliphatic carbocycles. The molecule has 0 aliphatic heterocycles. The average molecular weight is 248 g/mol. The Hall–Kier alpha value is -1.81. The van der Waals surface area contributed by atoms with Gasteiger partial charge in [0.1, 0.15) is 0 Å². The number of esters is 1. The first-order valence-corrected chi connectivity index (χ1v) is 5.93. The van der Waals surface area contributed by atoms with E-state index in [2.05, 4.69) is 0 Å². The number of hydrogen-bond donors (Lipinski definition) is 1. The highest BCUT2D eigenvalue weighted by atomic mass is 16.5. The minimum Gasteiger partial charge on any atom is -0.463 e. The number of carbonyl (C=O) groups is 1. The molecular formula is C14H20N2O2. The molecule has 1 rings (SSSR count). The van der Waals surface area contributed by atoms with Crippen molar-refractivity contribution in [3.63, 3.8) is 0 Å². The number of ether oxygens (including phenoxy) is 1. The molecule has 0 heterocycles. The number of carbonyl (C=O) groups excluding carboxylic acids is 1. The summed E-state index contributed by atoms with van der Waals surface area (Å²) >= 11 is 0. The Kier molecular flexibility index (Phi) is 5.39. The second-order valence-corrected chi connectivity index (χ2v) is 4.07. The molecule has 4 nitrogen and oxygen atoms in total. The molecule has 0 fully saturated rings. The van der Waals surface area contributed by atoms with Crippen LogP contribution in [0.1, 0.15) is 18.1 Å². The van der Waals surface area contributed by atoms with Crippen LogP contribution in [0, 0.1) is 0 Å². The zero-order valence-electron chi connectivity index (χ0n) is 11.1. The van der Waals surface area contributed by atoms with Crippen molar-refractivity contribution < 1.29 is 9.53 Å². The van der Waals surface area contributed by atoms with Gasteiger partial charge >= 0.3 is 5.97 Å². The standard InChI is InChI=1S/C14H20N2O2/c1-4-18-14(17)8-6-11-5-7-13(16(2)3)9-12(11)10-15/h5-9H,4,10,15H2,1-3H3/b8-6+. The molecule has 0 aliphatic rings. The third kappa shape index (κ3) is 3.89. The van der Waals surface area contributed by atoms with Crippen LogP contribution < -0.4 is 10.6 Å². The zero-order chi connectivity index (χ0) is 13.5. The van der Waals surface area contributed by atoms with Gasteiger partial charge in [0, 0.05) is 32.4 Å². The maximum absolute atomic E-state index is 11.2. The Morgan fingerprint density at radius 3 is 2.72 bits per heavy atom. The Labute approximate surface area is 108 Å². The van der Waals surface area contributed by atoms with E-state index in [1.165, 1.54) is 6.08 Å². The van der Waals surface area contributed by atoms with Gasteiger partial charge in [-0.05, 0) is 36.3 Å². The van der Waals surface area contributed by atoms with Crippen molar-refractivity contribution in [1.29, 1.82) is 0 Å². The van der Waals surface area contributed by atoms with Crippen LogP contribution in [0.4, 0.5) is 5.69 Å². The largest absolute Gasteiger partial charge is 0.463 e. The molecular weight excluding hydrogens is 228 g/mol. The summed E-state index contributed by atoms with van der Waals surface area (Å²) < 4.78 is 4.83. The monoisotopic (exact) mass is 248 g/mol. The maximum atomic E-state index is 11.2. The highest BCUT2D eigenvalue weighted by Crippen LogP contribution is 2.19. The Bertz CT molecular complexity index is 439. The van der Waals surface area contributed by atoms with Gasteiger partial charge in [0.15, 0.2) is 0 Å². The average Bonchev–Trinajstić information content (AvgIpc) is 2.36. The summed E-state index contributed by atoms with van der Waals surface area (Å²) in [5.74, 6) is -0.336. The van der Waals surface area contributed by atoms with E-state index in [1.807, 2.05) is 37.2 Å². The van der Waals surface area contributed by atoms with Crippen molar-refractivity contribution in [3.8, 4) is 0 Å². The van der Waals surface area contributed by atoms with Crippen LogP contribution in [0.2, 0.25) is 0 Å². The van der Waals surface area contributed by atoms with Gasteiger partial charge in [-0.2, -0.15) is 0 Å². The molecule has 1 aromatic carbocycles. The second-order valence-electron chi connectivity index (χ2n) is 4.07. The van der Waals surface area contributed by atoms with Crippen molar-refractivity contribution in [2.24, 2.45) is 5.73 Å². The topological polar surface area (TPSA) is 55.6 Å². The Balaban J connectivity index is 2.92. The van der Waals surface area contributed by atoms with E-state index >= 15 is 0 Å². The molecule has 0 saturated heterocycles. The molecule has 2 N–H and O–H groups in total. The molecule has 98 valence electrons. The maximum Gasteiger partial charge on any atom is 0.330 e. The lowest BCUT2D eigenvalue weighted by Gasteiger charge is -2.14. The van der Waals surface area contributed by atoms with Gasteiger partial charge in [0.25, 0.3) is 0 Å². The van der Waals surface area contributed by atoms with Crippen LogP contribution in [0.5, 0.6) is 0 Å². The summed E-state index contributed by atoms with van der Waals surface area (Å²) in [7, 11) is 3.95. The molecule has 1 aromatic rings. The van der Waals surface area contributed by atoms with Crippen molar-refractivity contribution in [2.45, 2.75) is 13.5 Å². The van der Waals surface area contributed by atoms with Gasteiger partial charge in [0.2, 0.25) is 0 Å². The van der Waals surface area contributed by atoms with Crippen molar-refractivity contribution in [1.82, 2.24) is 0 Å². The fourth-order valence-corrected chi connectivity index (χ4v) is 1.56. The Morgan fingerprint density at radius 2 is 2.17 bits per heavy atom. The fourth-order valence-electron chi connectivity index (χ4n) is 1.56. The lowest BCUT2D eigenvalue weighted by molar-refractivity contribution is -0.137. The number of hydrogen-bond acceptors (Lipinski definition) is 4. The highest BCUT2D eigenvalue weighted by molar-refractivity contribution is 5.87. The van der Waals surface area contributed by atoms with E-state index in [-0.39, 0.29) is 5.97 Å². The molecule has 0 amide bonds. The van der Waals surface area contributed by atoms with Gasteiger partial charge in [-0.1, -0.05) is 6.07 Å². The first-order chi connectivity index (χ1) is 8.58. The smallest absolute Gasteiger partial charge is 0.330 e. The van der Waals surface area contributed by atoms with Crippen molar-refractivity contribution in [2.75, 3.05) is 25.6 Å². The van der Waals surface area contributed by atoms with Crippen LogP contribution in [0.15, 0.2) is 24.3 Å². The number of rotatable bonds is 5. The summed E-state index contributed by atoms with van der Waals surface area (Å²) in [5.41, 5.74) is 8.75. The van der Waals surface area contributed by atoms with E-state index in [4.69, 9.17) is 10.5 Å². The quantitative estimate of drug-likeness (QED) is 0.637. The Morgan fingerprint density at radius 1 is 1.44 bits per heavy atom. The zero-order valence-corrected chi connectivity index (χ0v) is 11.1. The van der Waals surface area contributed by atoms with Crippen LogP contribution in [0.3, 0.4) is 0 Å². The van der Waals surface area contributed by atoms with Crippen molar-refractivity contribution >= 4 is 17.7 Å². The lowest BCUT2D eigenvalue weighted by atomic mass is 10.1. The normalized spacial score (nSPS) is 10.7. The van der Waals surface area contributed by atoms with Crippen LogP contribution >= 0.6 is 0 Å². The molecule has 0 aromatic heterocycles. The number of benzene rings is 1. The predicted octanol–water partition coefficient (Wildman–Crippen LogP) is 1.79. The summed E-state index contributed by atoms with van der Waals surface area (Å²) in [6, 6.07) is 5.96. The summed E-state index contributed by atoms with van der Waals surface area (Å²) in [5, 5.41) is 0. The SMILES string of the molecule is CCOC(=O)/C=C/c1ccc(N(C)C)cc1CN. The third-order valence-corrected chi connectivity index (χ3v) is 2.55. The van der Waals surface area contributed by atoms with Gasteiger partial charge in [0.05, 0.1) is 6.61 Å². The third-order valence-electron chi connectivity index (χ3n) is 2.55. The summed E-state index contributed by atoms with van der Waals surface area (Å²) in [6.45, 7) is 2.60. The molecule has 0 saturated carbocycles.